The van der Waals surface area contributed by atoms with E-state index in [4.69, 9.17) is 5.11 Å². The van der Waals surface area contributed by atoms with Crippen molar-refractivity contribution in [2.75, 3.05) is 6.54 Å². The molecule has 1 aromatic heterocycles. The zero-order valence-electron chi connectivity index (χ0n) is 11.8. The van der Waals surface area contributed by atoms with Crippen LogP contribution in [0.25, 0.3) is 6.08 Å². The Balaban J connectivity index is 2.87. The smallest absolute Gasteiger partial charge is 0.328 e. The number of carbonyl (C=O) groups is 3. The lowest BCUT2D eigenvalue weighted by molar-refractivity contribution is -0.131. The van der Waals surface area contributed by atoms with Gasteiger partial charge >= 0.3 is 5.97 Å². The summed E-state index contributed by atoms with van der Waals surface area (Å²) in [5.41, 5.74) is 0.423. The minimum Gasteiger partial charge on any atom is -0.478 e. The molecule has 1 unspecified atom stereocenters. The summed E-state index contributed by atoms with van der Waals surface area (Å²) in [5, 5.41) is 13.7. The van der Waals surface area contributed by atoms with Gasteiger partial charge in [0.15, 0.2) is 0 Å². The number of hydrogen-bond acceptors (Lipinski definition) is 4. The third kappa shape index (κ3) is 5.06. The number of aliphatic carboxylic acids is 1. The van der Waals surface area contributed by atoms with Crippen LogP contribution in [0, 0.1) is 0 Å². The topological polar surface area (TPSA) is 108 Å². The number of carbonyl (C=O) groups excluding carboxylic acids is 2. The van der Waals surface area contributed by atoms with E-state index in [1.165, 1.54) is 12.3 Å². The van der Waals surface area contributed by atoms with Gasteiger partial charge in [0.05, 0.1) is 0 Å². The highest BCUT2D eigenvalue weighted by molar-refractivity contribution is 5.99. The second-order valence-electron chi connectivity index (χ2n) is 4.20. The van der Waals surface area contributed by atoms with Crippen molar-refractivity contribution >= 4 is 23.9 Å². The highest BCUT2D eigenvalue weighted by Crippen LogP contribution is 2.08. The van der Waals surface area contributed by atoms with E-state index in [9.17, 15) is 14.4 Å². The van der Waals surface area contributed by atoms with E-state index in [1.54, 1.807) is 26.0 Å². The molecule has 0 aliphatic heterocycles. The number of nitrogens with zero attached hydrogens (tertiary/aromatic N) is 1. The van der Waals surface area contributed by atoms with Gasteiger partial charge in [0.1, 0.15) is 11.7 Å². The van der Waals surface area contributed by atoms with E-state index in [2.05, 4.69) is 15.6 Å². The van der Waals surface area contributed by atoms with Crippen LogP contribution in [0.3, 0.4) is 0 Å². The zero-order chi connectivity index (χ0) is 15.8. The molecule has 1 aromatic rings. The molecule has 0 spiro atoms. The van der Waals surface area contributed by atoms with Gasteiger partial charge < -0.3 is 15.7 Å². The number of amides is 2. The van der Waals surface area contributed by atoms with Crippen LogP contribution in [0.5, 0.6) is 0 Å². The molecule has 0 aliphatic carbocycles. The van der Waals surface area contributed by atoms with Gasteiger partial charge in [-0.05, 0) is 26.0 Å². The fourth-order valence-electron chi connectivity index (χ4n) is 1.56. The van der Waals surface area contributed by atoms with Crippen LogP contribution in [0.15, 0.2) is 24.4 Å². The Bertz CT molecular complexity index is 569. The molecule has 0 aliphatic rings. The predicted octanol–water partition coefficient (Wildman–Crippen LogP) is 0.434. The van der Waals surface area contributed by atoms with Gasteiger partial charge in [0.2, 0.25) is 5.91 Å². The first-order valence-electron chi connectivity index (χ1n) is 6.40. The minimum atomic E-state index is -1.12. The van der Waals surface area contributed by atoms with E-state index < -0.39 is 17.9 Å². The van der Waals surface area contributed by atoms with E-state index in [0.717, 1.165) is 6.08 Å². The number of aromatic nitrogens is 1. The second-order valence-corrected chi connectivity index (χ2v) is 4.20. The van der Waals surface area contributed by atoms with Gasteiger partial charge in [-0.25, -0.2) is 4.79 Å². The lowest BCUT2D eigenvalue weighted by Gasteiger charge is -2.13. The van der Waals surface area contributed by atoms with Crippen LogP contribution in [-0.4, -0.2) is 40.5 Å². The highest BCUT2D eigenvalue weighted by Gasteiger charge is 2.18. The SMILES string of the molecule is CCNC(=O)C(C)NC(=O)c1ncccc1/C=C/C(=O)O. The van der Waals surface area contributed by atoms with Crippen molar-refractivity contribution in [2.24, 2.45) is 0 Å². The molecule has 7 nitrogen and oxygen atoms in total. The van der Waals surface area contributed by atoms with E-state index >= 15 is 0 Å². The summed E-state index contributed by atoms with van der Waals surface area (Å²) in [6, 6.07) is 2.44. The molecule has 3 N–H and O–H groups in total. The normalized spacial score (nSPS) is 11.9. The number of likely N-dealkylation sites (N-methyl/N-ethyl adjacent to an activating group) is 1. The summed E-state index contributed by atoms with van der Waals surface area (Å²) in [6.07, 6.45) is 3.62. The summed E-state index contributed by atoms with van der Waals surface area (Å²) in [7, 11) is 0. The molecule has 2 amide bonds. The van der Waals surface area contributed by atoms with Gasteiger partial charge in [-0.1, -0.05) is 6.07 Å². The highest BCUT2D eigenvalue weighted by atomic mass is 16.4. The fourth-order valence-corrected chi connectivity index (χ4v) is 1.56. The summed E-state index contributed by atoms with van der Waals surface area (Å²) >= 11 is 0. The van der Waals surface area contributed by atoms with Crippen molar-refractivity contribution in [3.8, 4) is 0 Å². The van der Waals surface area contributed by atoms with Gasteiger partial charge in [0, 0.05) is 24.4 Å². The molecule has 1 rings (SSSR count). The molecule has 0 saturated carbocycles. The van der Waals surface area contributed by atoms with Gasteiger partial charge in [-0.3, -0.25) is 14.6 Å². The average molecular weight is 291 g/mol. The standard InChI is InChI=1S/C14H17N3O4/c1-3-15-13(20)9(2)17-14(21)12-10(5-4-8-16-12)6-7-11(18)19/h4-9H,3H2,1-2H3,(H,15,20)(H,17,21)(H,18,19)/b7-6+. The number of rotatable bonds is 6. The van der Waals surface area contributed by atoms with Crippen LogP contribution < -0.4 is 10.6 Å². The molecule has 112 valence electrons. The van der Waals surface area contributed by atoms with Crippen molar-refractivity contribution in [1.82, 2.24) is 15.6 Å². The summed E-state index contributed by atoms with van der Waals surface area (Å²) in [4.78, 5) is 38.1. The molecule has 1 heterocycles. The molecule has 0 fully saturated rings. The van der Waals surface area contributed by atoms with E-state index in [-0.39, 0.29) is 11.6 Å². The largest absolute Gasteiger partial charge is 0.478 e. The lowest BCUT2D eigenvalue weighted by atomic mass is 10.1. The molecule has 0 aromatic carbocycles. The van der Waals surface area contributed by atoms with Crippen LogP contribution in [-0.2, 0) is 9.59 Å². The van der Waals surface area contributed by atoms with E-state index in [0.29, 0.717) is 12.1 Å². The number of hydrogen-bond donors (Lipinski definition) is 3. The molecule has 21 heavy (non-hydrogen) atoms. The molecular formula is C14H17N3O4. The zero-order valence-corrected chi connectivity index (χ0v) is 11.8. The molecule has 1 atom stereocenters. The van der Waals surface area contributed by atoms with Crippen LogP contribution in [0.4, 0.5) is 0 Å². The summed E-state index contributed by atoms with van der Waals surface area (Å²) < 4.78 is 0. The maximum absolute atomic E-state index is 12.1. The first kappa shape index (κ1) is 16.4. The Morgan fingerprint density at radius 2 is 2.14 bits per heavy atom. The summed E-state index contributed by atoms with van der Waals surface area (Å²) in [6.45, 7) is 3.80. The Hall–Kier alpha value is -2.70. The van der Waals surface area contributed by atoms with Crippen LogP contribution in [0.1, 0.15) is 29.9 Å². The van der Waals surface area contributed by atoms with Gasteiger partial charge in [0.25, 0.3) is 5.91 Å². The number of carboxylic acid groups (broad SMARTS) is 1. The monoisotopic (exact) mass is 291 g/mol. The van der Waals surface area contributed by atoms with Crippen molar-refractivity contribution in [3.63, 3.8) is 0 Å². The molecule has 0 radical (unpaired) electrons. The number of pyridine rings is 1. The first-order chi connectivity index (χ1) is 9.95. The Labute approximate surface area is 122 Å². The molecule has 0 bridgehead atoms. The Kier molecular flexibility index (Phi) is 6.06. The summed E-state index contributed by atoms with van der Waals surface area (Å²) in [5.74, 6) is -1.97. The van der Waals surface area contributed by atoms with Crippen LogP contribution in [0.2, 0.25) is 0 Å². The minimum absolute atomic E-state index is 0.0612. The third-order valence-electron chi connectivity index (χ3n) is 2.55. The van der Waals surface area contributed by atoms with Gasteiger partial charge in [-0.2, -0.15) is 0 Å². The number of nitrogens with one attached hydrogen (secondary N) is 2. The van der Waals surface area contributed by atoms with Gasteiger partial charge in [-0.15, -0.1) is 0 Å². The second kappa shape index (κ2) is 7.78. The first-order valence-corrected chi connectivity index (χ1v) is 6.40. The maximum atomic E-state index is 12.1. The quantitative estimate of drug-likeness (QED) is 0.659. The molecule has 7 heteroatoms. The van der Waals surface area contributed by atoms with Crippen molar-refractivity contribution in [3.05, 3.63) is 35.7 Å². The molecular weight excluding hydrogens is 274 g/mol. The number of carboxylic acids is 1. The van der Waals surface area contributed by atoms with Crippen molar-refractivity contribution in [1.29, 1.82) is 0 Å². The molecule has 0 saturated heterocycles. The predicted molar refractivity (Wildman–Crippen MR) is 76.5 cm³/mol. The van der Waals surface area contributed by atoms with Crippen molar-refractivity contribution in [2.45, 2.75) is 19.9 Å². The Morgan fingerprint density at radius 3 is 2.76 bits per heavy atom. The Morgan fingerprint density at radius 1 is 1.43 bits per heavy atom. The van der Waals surface area contributed by atoms with Crippen molar-refractivity contribution < 1.29 is 19.5 Å². The maximum Gasteiger partial charge on any atom is 0.328 e. The third-order valence-corrected chi connectivity index (χ3v) is 2.55. The van der Waals surface area contributed by atoms with E-state index in [1.807, 2.05) is 0 Å². The fraction of sp³-hybridized carbons (Fsp3) is 0.286. The van der Waals surface area contributed by atoms with Crippen LogP contribution >= 0.6 is 0 Å². The average Bonchev–Trinajstić information content (AvgIpc) is 2.45. The lowest BCUT2D eigenvalue weighted by Crippen LogP contribution is -2.45.